The van der Waals surface area contributed by atoms with Gasteiger partial charge in [-0.3, -0.25) is 9.78 Å². The number of aryl methyl sites for hydroxylation is 1. The number of aromatic nitrogens is 3. The Labute approximate surface area is 156 Å². The molecule has 0 fully saturated rings. The number of anilines is 1. The average Bonchev–Trinajstić information content (AvgIpc) is 3.09. The van der Waals surface area contributed by atoms with Crippen LogP contribution in [0.1, 0.15) is 21.6 Å². The maximum atomic E-state index is 12.4. The van der Waals surface area contributed by atoms with Crippen LogP contribution in [-0.2, 0) is 6.61 Å². The minimum absolute atomic E-state index is 0.199. The van der Waals surface area contributed by atoms with Crippen molar-refractivity contribution in [1.29, 1.82) is 0 Å². The van der Waals surface area contributed by atoms with Gasteiger partial charge >= 0.3 is 0 Å². The van der Waals surface area contributed by atoms with Gasteiger partial charge in [0.15, 0.2) is 0 Å². The van der Waals surface area contributed by atoms with E-state index in [0.29, 0.717) is 23.6 Å². The summed E-state index contributed by atoms with van der Waals surface area (Å²) in [5.41, 5.74) is 4.09. The maximum absolute atomic E-state index is 12.4. The highest BCUT2D eigenvalue weighted by Crippen LogP contribution is 2.17. The summed E-state index contributed by atoms with van der Waals surface area (Å²) in [4.78, 5) is 20.9. The van der Waals surface area contributed by atoms with E-state index in [-0.39, 0.29) is 5.91 Å². The van der Waals surface area contributed by atoms with E-state index in [0.717, 1.165) is 11.3 Å². The minimum atomic E-state index is -0.199. The molecule has 4 rings (SSSR count). The van der Waals surface area contributed by atoms with Crippen molar-refractivity contribution in [1.82, 2.24) is 14.4 Å². The molecule has 0 aliphatic rings. The summed E-state index contributed by atoms with van der Waals surface area (Å²) in [7, 11) is 0. The monoisotopic (exact) mass is 358 g/mol. The van der Waals surface area contributed by atoms with E-state index in [1.165, 1.54) is 5.56 Å². The summed E-state index contributed by atoms with van der Waals surface area (Å²) >= 11 is 0. The average molecular weight is 358 g/mol. The topological polar surface area (TPSA) is 68.5 Å². The minimum Gasteiger partial charge on any atom is -0.487 e. The fourth-order valence-electron chi connectivity index (χ4n) is 2.75. The SMILES string of the molecule is Cc1ccc2nc(COc3cccc(C(=O)Nc4ccncc4)c3)cn2c1. The van der Waals surface area contributed by atoms with E-state index >= 15 is 0 Å². The van der Waals surface area contributed by atoms with Gasteiger partial charge in [-0.25, -0.2) is 4.98 Å². The van der Waals surface area contributed by atoms with Gasteiger partial charge in [-0.2, -0.15) is 0 Å². The first-order valence-corrected chi connectivity index (χ1v) is 8.56. The lowest BCUT2D eigenvalue weighted by Gasteiger charge is -2.08. The molecule has 3 aromatic heterocycles. The second-order valence-corrected chi connectivity index (χ2v) is 6.21. The summed E-state index contributed by atoms with van der Waals surface area (Å²) in [5, 5.41) is 2.83. The largest absolute Gasteiger partial charge is 0.487 e. The number of benzene rings is 1. The van der Waals surface area contributed by atoms with Gasteiger partial charge in [0, 0.05) is 36.0 Å². The molecule has 0 atom stereocenters. The summed E-state index contributed by atoms with van der Waals surface area (Å²) in [5.74, 6) is 0.417. The van der Waals surface area contributed by atoms with Crippen molar-refractivity contribution in [3.8, 4) is 5.75 Å². The highest BCUT2D eigenvalue weighted by molar-refractivity contribution is 6.04. The van der Waals surface area contributed by atoms with Crippen LogP contribution in [0.3, 0.4) is 0 Å². The van der Waals surface area contributed by atoms with Crippen LogP contribution < -0.4 is 10.1 Å². The van der Waals surface area contributed by atoms with Crippen LogP contribution in [0.25, 0.3) is 5.65 Å². The smallest absolute Gasteiger partial charge is 0.255 e. The van der Waals surface area contributed by atoms with Crippen molar-refractivity contribution in [2.45, 2.75) is 13.5 Å². The quantitative estimate of drug-likeness (QED) is 0.588. The first kappa shape index (κ1) is 16.8. The van der Waals surface area contributed by atoms with E-state index in [9.17, 15) is 4.79 Å². The molecule has 6 nitrogen and oxygen atoms in total. The Morgan fingerprint density at radius 1 is 1.11 bits per heavy atom. The molecular formula is C21H18N4O2. The van der Waals surface area contributed by atoms with Crippen LogP contribution in [-0.4, -0.2) is 20.3 Å². The Kier molecular flexibility index (Phi) is 4.53. The lowest BCUT2D eigenvalue weighted by atomic mass is 10.2. The Bertz CT molecular complexity index is 1090. The molecule has 1 aromatic carbocycles. The lowest BCUT2D eigenvalue weighted by molar-refractivity contribution is 0.102. The number of hydrogen-bond acceptors (Lipinski definition) is 4. The summed E-state index contributed by atoms with van der Waals surface area (Å²) in [6.07, 6.45) is 7.23. The second kappa shape index (κ2) is 7.29. The standard InChI is InChI=1S/C21H18N4O2/c1-15-5-6-20-23-18(13-25(20)12-15)14-27-19-4-2-3-16(11-19)21(26)24-17-7-9-22-10-8-17/h2-13H,14H2,1H3,(H,22,24,26). The number of carbonyl (C=O) groups is 1. The van der Waals surface area contributed by atoms with Gasteiger partial charge in [-0.1, -0.05) is 12.1 Å². The van der Waals surface area contributed by atoms with Crippen molar-refractivity contribution in [3.05, 3.63) is 90.1 Å². The highest BCUT2D eigenvalue weighted by Gasteiger charge is 2.08. The molecule has 0 saturated heterocycles. The fraction of sp³-hybridized carbons (Fsp3) is 0.0952. The molecule has 0 bridgehead atoms. The third-order valence-corrected chi connectivity index (χ3v) is 4.07. The number of fused-ring (bicyclic) bond motifs is 1. The molecule has 0 aliphatic carbocycles. The Morgan fingerprint density at radius 2 is 1.96 bits per heavy atom. The molecule has 1 amide bonds. The van der Waals surface area contributed by atoms with Gasteiger partial charge in [-0.15, -0.1) is 0 Å². The molecule has 0 radical (unpaired) electrons. The van der Waals surface area contributed by atoms with E-state index in [2.05, 4.69) is 15.3 Å². The van der Waals surface area contributed by atoms with Gasteiger partial charge in [0.2, 0.25) is 0 Å². The lowest BCUT2D eigenvalue weighted by Crippen LogP contribution is -2.12. The number of rotatable bonds is 5. The zero-order chi connectivity index (χ0) is 18.6. The molecule has 27 heavy (non-hydrogen) atoms. The van der Waals surface area contributed by atoms with Crippen molar-refractivity contribution in [3.63, 3.8) is 0 Å². The van der Waals surface area contributed by atoms with Crippen LogP contribution in [0.5, 0.6) is 5.75 Å². The van der Waals surface area contributed by atoms with E-state index in [4.69, 9.17) is 4.74 Å². The number of ether oxygens (including phenoxy) is 1. The van der Waals surface area contributed by atoms with Crippen LogP contribution in [0.15, 0.2) is 73.3 Å². The number of imidazole rings is 1. The molecule has 1 N–H and O–H groups in total. The van der Waals surface area contributed by atoms with Crippen LogP contribution in [0.2, 0.25) is 0 Å². The van der Waals surface area contributed by atoms with E-state index in [1.54, 1.807) is 42.7 Å². The highest BCUT2D eigenvalue weighted by atomic mass is 16.5. The Hall–Kier alpha value is -3.67. The van der Waals surface area contributed by atoms with Crippen molar-refractivity contribution in [2.75, 3.05) is 5.32 Å². The molecule has 134 valence electrons. The predicted molar refractivity (Wildman–Crippen MR) is 103 cm³/mol. The van der Waals surface area contributed by atoms with Crippen LogP contribution in [0, 0.1) is 6.92 Å². The first-order valence-electron chi connectivity index (χ1n) is 8.56. The molecule has 0 aliphatic heterocycles. The summed E-state index contributed by atoms with van der Waals surface area (Å²) in [6.45, 7) is 2.37. The van der Waals surface area contributed by atoms with E-state index < -0.39 is 0 Å². The first-order chi connectivity index (χ1) is 13.2. The zero-order valence-corrected chi connectivity index (χ0v) is 14.8. The zero-order valence-electron chi connectivity index (χ0n) is 14.8. The summed E-state index contributed by atoms with van der Waals surface area (Å²) < 4.78 is 7.81. The normalized spacial score (nSPS) is 10.7. The molecule has 0 spiro atoms. The number of nitrogens with one attached hydrogen (secondary N) is 1. The molecule has 0 unspecified atom stereocenters. The Morgan fingerprint density at radius 3 is 2.81 bits per heavy atom. The number of pyridine rings is 2. The molecule has 3 heterocycles. The molecule has 6 heteroatoms. The van der Waals surface area contributed by atoms with E-state index in [1.807, 2.05) is 41.9 Å². The van der Waals surface area contributed by atoms with Gasteiger partial charge in [0.05, 0.1) is 5.69 Å². The number of amides is 1. The second-order valence-electron chi connectivity index (χ2n) is 6.21. The summed E-state index contributed by atoms with van der Waals surface area (Å²) in [6, 6.07) is 14.6. The fourth-order valence-corrected chi connectivity index (χ4v) is 2.75. The molecule has 0 saturated carbocycles. The third-order valence-electron chi connectivity index (χ3n) is 4.07. The number of nitrogens with zero attached hydrogens (tertiary/aromatic N) is 3. The third kappa shape index (κ3) is 3.95. The Balaban J connectivity index is 1.44. The van der Waals surface area contributed by atoms with Crippen molar-refractivity contribution >= 4 is 17.2 Å². The number of hydrogen-bond donors (Lipinski definition) is 1. The van der Waals surface area contributed by atoms with Gasteiger partial charge in [0.1, 0.15) is 18.0 Å². The number of carbonyl (C=O) groups excluding carboxylic acids is 1. The predicted octanol–water partition coefficient (Wildman–Crippen LogP) is 3.87. The van der Waals surface area contributed by atoms with Crippen molar-refractivity contribution in [2.24, 2.45) is 0 Å². The van der Waals surface area contributed by atoms with Crippen LogP contribution in [0.4, 0.5) is 5.69 Å². The van der Waals surface area contributed by atoms with Crippen LogP contribution >= 0.6 is 0 Å². The van der Waals surface area contributed by atoms with Gasteiger partial charge < -0.3 is 14.5 Å². The van der Waals surface area contributed by atoms with Gasteiger partial charge in [-0.05, 0) is 48.9 Å². The van der Waals surface area contributed by atoms with Gasteiger partial charge in [0.25, 0.3) is 5.91 Å². The molecule has 4 aromatic rings. The molecular weight excluding hydrogens is 340 g/mol. The maximum Gasteiger partial charge on any atom is 0.255 e. The van der Waals surface area contributed by atoms with Crippen molar-refractivity contribution < 1.29 is 9.53 Å².